The van der Waals surface area contributed by atoms with Crippen molar-refractivity contribution < 1.29 is 25.8 Å². The monoisotopic (exact) mass is 839 g/mol. The number of hydrogen-bond donors (Lipinski definition) is 0. The third-order valence-electron chi connectivity index (χ3n) is 10.9. The zero-order valence-electron chi connectivity index (χ0n) is 47.0. The predicted molar refractivity (Wildman–Crippen MR) is 260 cm³/mol. The van der Waals surface area contributed by atoms with Gasteiger partial charge >= 0.3 is 0 Å². The zero-order chi connectivity index (χ0) is 53.7. The molecule has 0 fully saturated rings. The minimum atomic E-state index is -1.69. The average Bonchev–Trinajstić information content (AvgIpc) is 3.97. The van der Waals surface area contributed by atoms with Crippen LogP contribution in [0.3, 0.4) is 0 Å². The molecule has 0 aliphatic heterocycles. The molecule has 0 radical (unpaired) electrons. The summed E-state index contributed by atoms with van der Waals surface area (Å²) < 4.78 is 118. The zero-order valence-corrected chi connectivity index (χ0v) is 35.0. The fourth-order valence-electron chi connectivity index (χ4n) is 8.22. The maximum Gasteiger partial charge on any atom is 0.269 e. The highest BCUT2D eigenvalue weighted by Crippen LogP contribution is 2.38. The van der Waals surface area contributed by atoms with Crippen LogP contribution in [0.5, 0.6) is 11.5 Å². The molecule has 6 heteroatoms. The normalized spacial score (nSPS) is 14.6. The summed E-state index contributed by atoms with van der Waals surface area (Å²) in [6, 6.07) is 35.1. The van der Waals surface area contributed by atoms with Gasteiger partial charge in [-0.2, -0.15) is 0 Å². The van der Waals surface area contributed by atoms with Crippen LogP contribution in [0.15, 0.2) is 206 Å². The number of hydrogen-bond acceptors (Lipinski definition) is 3. The van der Waals surface area contributed by atoms with Crippen LogP contribution in [-0.4, -0.2) is 19.1 Å². The second kappa shape index (κ2) is 16.0. The van der Waals surface area contributed by atoms with Crippen molar-refractivity contribution >= 4 is 32.8 Å². The fraction of sp³-hybridized carbons (Fsp3) is 0.0862. The lowest BCUT2D eigenvalue weighted by atomic mass is 9.88. The number of aromatic nitrogens is 5. The minimum absolute atomic E-state index is 0.136. The first-order chi connectivity index (χ1) is 36.3. The van der Waals surface area contributed by atoms with Gasteiger partial charge in [-0.15, -0.1) is 0 Å². The third-order valence-corrected chi connectivity index (χ3v) is 10.9. The molecule has 0 N–H and O–H groups in total. The van der Waals surface area contributed by atoms with Gasteiger partial charge in [-0.05, 0) is 88.1 Å². The van der Waals surface area contributed by atoms with E-state index in [4.69, 9.17) is 31.2 Å². The van der Waals surface area contributed by atoms with Crippen molar-refractivity contribution in [1.29, 1.82) is 0 Å². The lowest BCUT2D eigenvalue weighted by Crippen LogP contribution is -2.31. The van der Waals surface area contributed by atoms with Gasteiger partial charge < -0.3 is 4.74 Å². The molecule has 11 aromatic rings. The minimum Gasteiger partial charge on any atom is -0.458 e. The Kier molecular flexibility index (Phi) is 6.94. The van der Waals surface area contributed by atoms with Crippen molar-refractivity contribution in [2.45, 2.75) is 27.1 Å². The molecular weight excluding hydrogens is 783 g/mol. The van der Waals surface area contributed by atoms with E-state index in [2.05, 4.69) is 6.33 Å². The van der Waals surface area contributed by atoms with E-state index < -0.39 is 72.2 Å². The Bertz CT molecular complexity index is 4040. The van der Waals surface area contributed by atoms with Crippen LogP contribution in [0.4, 0.5) is 0 Å². The SMILES string of the molecule is [2H]c1c([2H])c([2H])c(-c2cccc(-c3c([2H])c([2H])c([2H])c([2H])c3[2H])c2-[n+]2[c-]n(-c3cccc(Oc4ccc5c6cnc(-c7ccccc7)cc6n(-c6cc(C([2H])([2H])C(C)(C)C)ccn6)c5c4)c3)c3ccccc32)c([2H])c1[2H]. The molecule has 6 nitrogen and oxygen atoms in total. The van der Waals surface area contributed by atoms with Crippen LogP contribution in [0.2, 0.25) is 0 Å². The molecule has 4 aromatic heterocycles. The largest absolute Gasteiger partial charge is 0.458 e. The molecule has 0 saturated heterocycles. The van der Waals surface area contributed by atoms with Crippen LogP contribution in [0, 0.1) is 11.7 Å². The Morgan fingerprint density at radius 1 is 0.625 bits per heavy atom. The van der Waals surface area contributed by atoms with Gasteiger partial charge in [0.1, 0.15) is 17.3 Å². The van der Waals surface area contributed by atoms with Crippen LogP contribution in [-0.2, 0) is 6.37 Å². The number of benzene rings is 7. The van der Waals surface area contributed by atoms with Gasteiger partial charge in [0.2, 0.25) is 0 Å². The lowest BCUT2D eigenvalue weighted by Gasteiger charge is -2.18. The van der Waals surface area contributed by atoms with Gasteiger partial charge in [-0.25, -0.2) is 4.98 Å². The van der Waals surface area contributed by atoms with E-state index in [0.29, 0.717) is 39.6 Å². The maximum absolute atomic E-state index is 9.13. The molecule has 0 saturated carbocycles. The molecule has 64 heavy (non-hydrogen) atoms. The summed E-state index contributed by atoms with van der Waals surface area (Å²) >= 11 is 0. The molecular formula is C58H45N5O. The second-order valence-corrected chi connectivity index (χ2v) is 16.3. The highest BCUT2D eigenvalue weighted by Gasteiger charge is 2.21. The van der Waals surface area contributed by atoms with E-state index in [-0.39, 0.29) is 27.9 Å². The van der Waals surface area contributed by atoms with Crippen molar-refractivity contribution in [2.75, 3.05) is 0 Å². The first-order valence-electron chi connectivity index (χ1n) is 26.7. The molecule has 0 spiro atoms. The summed E-state index contributed by atoms with van der Waals surface area (Å²) in [5, 5.41) is 1.74. The Labute approximate surface area is 389 Å². The number of pyridine rings is 2. The van der Waals surface area contributed by atoms with Crippen molar-refractivity contribution in [3.63, 3.8) is 0 Å². The lowest BCUT2D eigenvalue weighted by molar-refractivity contribution is -0.571. The summed E-state index contributed by atoms with van der Waals surface area (Å²) in [5.41, 5.74) is 4.87. The van der Waals surface area contributed by atoms with Gasteiger partial charge in [0, 0.05) is 37.5 Å². The van der Waals surface area contributed by atoms with E-state index in [0.717, 1.165) is 33.1 Å². The van der Waals surface area contributed by atoms with E-state index in [1.54, 1.807) is 51.7 Å². The van der Waals surface area contributed by atoms with Crippen LogP contribution >= 0.6 is 0 Å². The molecule has 0 amide bonds. The summed E-state index contributed by atoms with van der Waals surface area (Å²) in [7, 11) is 0. The van der Waals surface area contributed by atoms with Crippen molar-refractivity contribution in [3.8, 4) is 62.2 Å². The second-order valence-electron chi connectivity index (χ2n) is 16.3. The van der Waals surface area contributed by atoms with Crippen molar-refractivity contribution in [3.05, 3.63) is 218 Å². The van der Waals surface area contributed by atoms with Crippen LogP contribution < -0.4 is 9.30 Å². The molecule has 11 rings (SSSR count). The summed E-state index contributed by atoms with van der Waals surface area (Å²) in [5.74, 6) is 1.45. The molecule has 4 heterocycles. The van der Waals surface area contributed by atoms with E-state index in [1.807, 2.05) is 129 Å². The molecule has 0 bridgehead atoms. The molecule has 0 aliphatic carbocycles. The molecule has 0 aliphatic rings. The number of para-hydroxylation sites is 3. The first-order valence-corrected chi connectivity index (χ1v) is 20.7. The van der Waals surface area contributed by atoms with Gasteiger partial charge in [0.25, 0.3) is 6.33 Å². The van der Waals surface area contributed by atoms with E-state index in [9.17, 15) is 0 Å². The topological polar surface area (TPSA) is 48.8 Å². The predicted octanol–water partition coefficient (Wildman–Crippen LogP) is 14.0. The summed E-state index contributed by atoms with van der Waals surface area (Å²) in [6.45, 7) is 5.61. The first kappa shape index (κ1) is 27.8. The standard InChI is InChI=1S/C58H45N5O/c1-58(2,3)37-40-31-32-59-56(33-40)63-54-35-46(29-30-49(54)50-38-60-51(36-55(50)63)43-21-11-6-12-22-43)64-45-24-15-23-44(34-45)61-39-62(53-28-14-13-27-52(53)61)57-47(41-17-7-4-8-18-41)25-16-26-48(57)42-19-9-5-10-20-42/h4-36,38H,37H2,1-3H3/i4D,5D,7D,8D,9D,10D,17D,18D,19D,20D,37D2. The Hall–Kier alpha value is -8.09. The quantitative estimate of drug-likeness (QED) is 0.107. The molecule has 308 valence electrons. The number of ether oxygens (including phenoxy) is 1. The molecule has 0 unspecified atom stereocenters. The fourth-order valence-corrected chi connectivity index (χ4v) is 8.22. The molecule has 0 atom stereocenters. The number of fused-ring (bicyclic) bond motifs is 4. The van der Waals surface area contributed by atoms with Gasteiger partial charge in [0.05, 0.1) is 52.8 Å². The van der Waals surface area contributed by atoms with Crippen molar-refractivity contribution in [1.82, 2.24) is 19.1 Å². The Morgan fingerprint density at radius 3 is 2.06 bits per heavy atom. The highest BCUT2D eigenvalue weighted by atomic mass is 16.5. The number of imidazole rings is 1. The van der Waals surface area contributed by atoms with Gasteiger partial charge in [0.15, 0.2) is 0 Å². The molecule has 7 aromatic carbocycles. The van der Waals surface area contributed by atoms with Gasteiger partial charge in [-0.3, -0.25) is 18.7 Å². The number of nitrogens with zero attached hydrogens (tertiary/aromatic N) is 5. The van der Waals surface area contributed by atoms with Crippen LogP contribution in [0.25, 0.3) is 83.5 Å². The Balaban J connectivity index is 1.07. The van der Waals surface area contributed by atoms with E-state index >= 15 is 0 Å². The van der Waals surface area contributed by atoms with E-state index in [1.165, 1.54) is 0 Å². The average molecular weight is 840 g/mol. The van der Waals surface area contributed by atoms with Crippen molar-refractivity contribution in [2.24, 2.45) is 5.41 Å². The number of rotatable bonds is 9. The summed E-state index contributed by atoms with van der Waals surface area (Å²) in [6.07, 6.45) is 5.21. The third kappa shape index (κ3) is 7.29. The smallest absolute Gasteiger partial charge is 0.269 e. The maximum atomic E-state index is 9.13. The van der Waals surface area contributed by atoms with Gasteiger partial charge in [-0.1, -0.05) is 160 Å². The highest BCUT2D eigenvalue weighted by molar-refractivity contribution is 6.10. The van der Waals surface area contributed by atoms with Crippen LogP contribution in [0.1, 0.15) is 42.8 Å². The Morgan fingerprint density at radius 2 is 1.31 bits per heavy atom. The summed E-state index contributed by atoms with van der Waals surface area (Å²) in [4.78, 5) is 9.67.